The monoisotopic (exact) mass is 367 g/mol. The number of halogens is 1. The molecule has 3 aromatic rings. The van der Waals surface area contributed by atoms with Gasteiger partial charge in [0.05, 0.1) is 28.7 Å². The molecule has 1 amide bonds. The SMILES string of the molecule is O=C(c1cnn(-c2ccccc2Cl)c1)N1CCCn2ncc(C3CC3)c21. The Labute approximate surface area is 156 Å². The molecular formula is C19H18ClN5O. The van der Waals surface area contributed by atoms with Gasteiger partial charge in [0, 0.05) is 24.8 Å². The number of anilines is 1. The zero-order chi connectivity index (χ0) is 17.7. The van der Waals surface area contributed by atoms with Crippen LogP contribution in [0, 0.1) is 0 Å². The van der Waals surface area contributed by atoms with Crippen LogP contribution in [0.25, 0.3) is 5.69 Å². The minimum atomic E-state index is -0.0355. The molecule has 132 valence electrons. The van der Waals surface area contributed by atoms with Gasteiger partial charge in [0.1, 0.15) is 5.82 Å². The third kappa shape index (κ3) is 2.52. The summed E-state index contributed by atoms with van der Waals surface area (Å²) < 4.78 is 3.62. The highest BCUT2D eigenvalue weighted by molar-refractivity contribution is 6.32. The molecule has 0 unspecified atom stereocenters. The Hall–Kier alpha value is -2.60. The number of amides is 1. The van der Waals surface area contributed by atoms with E-state index >= 15 is 0 Å². The number of aryl methyl sites for hydroxylation is 1. The topological polar surface area (TPSA) is 56.0 Å². The molecule has 5 rings (SSSR count). The lowest BCUT2D eigenvalue weighted by Crippen LogP contribution is -2.38. The second kappa shape index (κ2) is 5.99. The van der Waals surface area contributed by atoms with E-state index in [2.05, 4.69) is 10.2 Å². The smallest absolute Gasteiger partial charge is 0.262 e. The minimum absolute atomic E-state index is 0.0355. The van der Waals surface area contributed by atoms with Gasteiger partial charge in [0.25, 0.3) is 5.91 Å². The Kier molecular flexibility index (Phi) is 3.60. The maximum absolute atomic E-state index is 13.2. The van der Waals surface area contributed by atoms with Crippen molar-refractivity contribution in [3.05, 3.63) is 59.0 Å². The number of nitrogens with zero attached hydrogens (tertiary/aromatic N) is 5. The molecule has 6 nitrogen and oxygen atoms in total. The number of benzene rings is 1. The molecule has 26 heavy (non-hydrogen) atoms. The van der Waals surface area contributed by atoms with Crippen molar-refractivity contribution >= 4 is 23.3 Å². The largest absolute Gasteiger partial charge is 0.293 e. The van der Waals surface area contributed by atoms with Crippen molar-refractivity contribution in [2.24, 2.45) is 0 Å². The number of fused-ring (bicyclic) bond motifs is 1. The number of hydrogen-bond donors (Lipinski definition) is 0. The fourth-order valence-corrected chi connectivity index (χ4v) is 3.80. The fraction of sp³-hybridized carbons (Fsp3) is 0.316. The van der Waals surface area contributed by atoms with Crippen LogP contribution in [0.5, 0.6) is 0 Å². The highest BCUT2D eigenvalue weighted by Crippen LogP contribution is 2.45. The van der Waals surface area contributed by atoms with Crippen LogP contribution in [0.15, 0.2) is 42.9 Å². The maximum Gasteiger partial charge on any atom is 0.262 e. The third-order valence-electron chi connectivity index (χ3n) is 5.04. The first-order valence-corrected chi connectivity index (χ1v) is 9.27. The van der Waals surface area contributed by atoms with Crippen molar-refractivity contribution in [2.45, 2.75) is 31.7 Å². The molecule has 0 spiro atoms. The average molecular weight is 368 g/mol. The average Bonchev–Trinajstić information content (AvgIpc) is 3.22. The zero-order valence-corrected chi connectivity index (χ0v) is 14.9. The molecule has 1 aliphatic heterocycles. The van der Waals surface area contributed by atoms with Crippen LogP contribution >= 0.6 is 11.6 Å². The maximum atomic E-state index is 13.2. The molecule has 3 heterocycles. The molecule has 1 fully saturated rings. The van der Waals surface area contributed by atoms with Crippen molar-refractivity contribution in [2.75, 3.05) is 11.4 Å². The van der Waals surface area contributed by atoms with Crippen LogP contribution in [0.1, 0.15) is 41.1 Å². The van der Waals surface area contributed by atoms with E-state index in [1.54, 1.807) is 17.1 Å². The lowest BCUT2D eigenvalue weighted by Gasteiger charge is -2.28. The molecule has 0 saturated heterocycles. The number of carbonyl (C=O) groups excluding carboxylic acids is 1. The molecule has 0 bridgehead atoms. The summed E-state index contributed by atoms with van der Waals surface area (Å²) in [6.07, 6.45) is 8.57. The number of aromatic nitrogens is 4. The standard InChI is InChI=1S/C19H18ClN5O/c20-16-4-1-2-5-17(16)25-12-14(10-21-25)19(26)23-8-3-9-24-18(23)15(11-22-24)13-6-7-13/h1-2,4-5,10-13H,3,6-9H2. The van der Waals surface area contributed by atoms with Crippen LogP contribution in [-0.4, -0.2) is 32.0 Å². The summed E-state index contributed by atoms with van der Waals surface area (Å²) >= 11 is 6.24. The third-order valence-corrected chi connectivity index (χ3v) is 5.36. The Bertz CT molecular complexity index is 987. The molecule has 1 aromatic carbocycles. The summed E-state index contributed by atoms with van der Waals surface area (Å²) in [5.74, 6) is 1.49. The van der Waals surface area contributed by atoms with Crippen molar-refractivity contribution in [3.8, 4) is 5.69 Å². The van der Waals surface area contributed by atoms with E-state index in [0.717, 1.165) is 24.5 Å². The number of carbonyl (C=O) groups is 1. The van der Waals surface area contributed by atoms with E-state index in [4.69, 9.17) is 11.6 Å². The summed E-state index contributed by atoms with van der Waals surface area (Å²) in [6, 6.07) is 7.46. The van der Waals surface area contributed by atoms with Crippen LogP contribution in [0.3, 0.4) is 0 Å². The van der Waals surface area contributed by atoms with Crippen molar-refractivity contribution in [1.29, 1.82) is 0 Å². The van der Waals surface area contributed by atoms with Gasteiger partial charge in [-0.2, -0.15) is 10.2 Å². The van der Waals surface area contributed by atoms with E-state index in [9.17, 15) is 4.79 Å². The Morgan fingerprint density at radius 3 is 2.77 bits per heavy atom. The Morgan fingerprint density at radius 2 is 1.96 bits per heavy atom. The highest BCUT2D eigenvalue weighted by Gasteiger charge is 2.35. The normalized spacial score (nSPS) is 16.6. The predicted octanol–water partition coefficient (Wildman–Crippen LogP) is 3.65. The number of hydrogen-bond acceptors (Lipinski definition) is 3. The predicted molar refractivity (Wildman–Crippen MR) is 99.1 cm³/mol. The summed E-state index contributed by atoms with van der Waals surface area (Å²) in [5, 5.41) is 9.43. The molecular weight excluding hydrogens is 350 g/mol. The van der Waals surface area contributed by atoms with Gasteiger partial charge in [0.2, 0.25) is 0 Å². The molecule has 1 saturated carbocycles. The summed E-state index contributed by atoms with van der Waals surface area (Å²) in [7, 11) is 0. The van der Waals surface area contributed by atoms with E-state index in [1.165, 1.54) is 18.4 Å². The van der Waals surface area contributed by atoms with Crippen LogP contribution in [0.4, 0.5) is 5.82 Å². The summed E-state index contributed by atoms with van der Waals surface area (Å²) in [5.41, 5.74) is 2.52. The first-order chi connectivity index (χ1) is 12.7. The van der Waals surface area contributed by atoms with E-state index < -0.39 is 0 Å². The van der Waals surface area contributed by atoms with Gasteiger partial charge in [-0.25, -0.2) is 9.36 Å². The molecule has 0 atom stereocenters. The number of para-hydroxylation sites is 1. The van der Waals surface area contributed by atoms with E-state index in [-0.39, 0.29) is 5.91 Å². The molecule has 0 N–H and O–H groups in total. The fourth-order valence-electron chi connectivity index (χ4n) is 3.58. The summed E-state index contributed by atoms with van der Waals surface area (Å²) in [6.45, 7) is 1.58. The second-order valence-corrected chi connectivity index (χ2v) is 7.26. The van der Waals surface area contributed by atoms with Crippen LogP contribution in [-0.2, 0) is 6.54 Å². The molecule has 2 aromatic heterocycles. The molecule has 7 heteroatoms. The zero-order valence-electron chi connectivity index (χ0n) is 14.2. The van der Waals surface area contributed by atoms with Gasteiger partial charge in [-0.1, -0.05) is 23.7 Å². The van der Waals surface area contributed by atoms with E-state index in [1.807, 2.05) is 40.0 Å². The van der Waals surface area contributed by atoms with Crippen molar-refractivity contribution < 1.29 is 4.79 Å². The van der Waals surface area contributed by atoms with Gasteiger partial charge in [0.15, 0.2) is 0 Å². The Morgan fingerprint density at radius 1 is 1.12 bits per heavy atom. The molecule has 2 aliphatic rings. The highest BCUT2D eigenvalue weighted by atomic mass is 35.5. The quantitative estimate of drug-likeness (QED) is 0.710. The molecule has 0 radical (unpaired) electrons. The first kappa shape index (κ1) is 15.6. The van der Waals surface area contributed by atoms with E-state index in [0.29, 0.717) is 23.0 Å². The lowest BCUT2D eigenvalue weighted by atomic mass is 10.1. The van der Waals surface area contributed by atoms with Crippen LogP contribution < -0.4 is 4.90 Å². The van der Waals surface area contributed by atoms with Gasteiger partial charge >= 0.3 is 0 Å². The van der Waals surface area contributed by atoms with Gasteiger partial charge in [-0.15, -0.1) is 0 Å². The Balaban J connectivity index is 1.49. The number of rotatable bonds is 3. The first-order valence-electron chi connectivity index (χ1n) is 8.89. The van der Waals surface area contributed by atoms with Crippen molar-refractivity contribution in [3.63, 3.8) is 0 Å². The second-order valence-electron chi connectivity index (χ2n) is 6.86. The summed E-state index contributed by atoms with van der Waals surface area (Å²) in [4.78, 5) is 15.0. The minimum Gasteiger partial charge on any atom is -0.293 e. The van der Waals surface area contributed by atoms with Gasteiger partial charge < -0.3 is 0 Å². The lowest BCUT2D eigenvalue weighted by molar-refractivity contribution is 0.0981. The van der Waals surface area contributed by atoms with Crippen LogP contribution in [0.2, 0.25) is 5.02 Å². The van der Waals surface area contributed by atoms with Gasteiger partial charge in [-0.05, 0) is 37.3 Å². The molecule has 1 aliphatic carbocycles. The van der Waals surface area contributed by atoms with Crippen molar-refractivity contribution in [1.82, 2.24) is 19.6 Å². The van der Waals surface area contributed by atoms with Gasteiger partial charge in [-0.3, -0.25) is 9.69 Å².